The van der Waals surface area contributed by atoms with Crippen LogP contribution in [-0.4, -0.2) is 41.3 Å². The number of aliphatic hydroxyl groups is 1. The predicted molar refractivity (Wildman–Crippen MR) is 68.3 cm³/mol. The van der Waals surface area contributed by atoms with Crippen molar-refractivity contribution in [3.63, 3.8) is 0 Å². The van der Waals surface area contributed by atoms with Crippen molar-refractivity contribution in [2.45, 2.75) is 13.0 Å². The lowest BCUT2D eigenvalue weighted by molar-refractivity contribution is -0.143. The average molecular weight is 288 g/mol. The Morgan fingerprint density at radius 3 is 2.68 bits per heavy atom. The zero-order valence-electron chi connectivity index (χ0n) is 10.2. The minimum absolute atomic E-state index is 0.341. The van der Waals surface area contributed by atoms with Crippen LogP contribution in [0.1, 0.15) is 5.56 Å². The van der Waals surface area contributed by atoms with Gasteiger partial charge in [0.05, 0.1) is 6.61 Å². The third kappa shape index (κ3) is 4.76. The van der Waals surface area contributed by atoms with Gasteiger partial charge in [0.15, 0.2) is 6.61 Å². The molecule has 0 radical (unpaired) electrons. The van der Waals surface area contributed by atoms with Crippen molar-refractivity contribution in [1.29, 1.82) is 0 Å². The number of aliphatic carboxylic acids is 1. The number of ether oxygens (including phenoxy) is 1. The van der Waals surface area contributed by atoms with E-state index in [4.69, 9.17) is 26.6 Å². The minimum atomic E-state index is -1.33. The Kier molecular flexibility index (Phi) is 5.59. The zero-order chi connectivity index (χ0) is 14.4. The Hall–Kier alpha value is -1.79. The SMILES string of the molecule is Cc1cc(Cl)ccc1OCC(=O)N[C@H](CO)C(=O)O. The molecule has 1 amide bonds. The van der Waals surface area contributed by atoms with E-state index in [1.807, 2.05) is 0 Å². The van der Waals surface area contributed by atoms with Gasteiger partial charge in [-0.1, -0.05) is 11.6 Å². The van der Waals surface area contributed by atoms with Crippen LogP contribution in [-0.2, 0) is 9.59 Å². The van der Waals surface area contributed by atoms with Crippen molar-refractivity contribution in [3.8, 4) is 5.75 Å². The molecule has 1 aromatic carbocycles. The van der Waals surface area contributed by atoms with Crippen molar-refractivity contribution in [2.24, 2.45) is 0 Å². The van der Waals surface area contributed by atoms with Gasteiger partial charge in [0, 0.05) is 5.02 Å². The minimum Gasteiger partial charge on any atom is -0.484 e. The van der Waals surface area contributed by atoms with Gasteiger partial charge in [-0.05, 0) is 30.7 Å². The number of carboxylic acids is 1. The highest BCUT2D eigenvalue weighted by molar-refractivity contribution is 6.30. The standard InChI is InChI=1S/C12H14ClNO5/c1-7-4-8(13)2-3-10(7)19-6-11(16)14-9(5-15)12(17)18/h2-4,9,15H,5-6H2,1H3,(H,14,16)(H,17,18)/t9-/m1/s1. The highest BCUT2D eigenvalue weighted by Crippen LogP contribution is 2.21. The highest BCUT2D eigenvalue weighted by Gasteiger charge is 2.18. The average Bonchev–Trinajstić information content (AvgIpc) is 2.34. The number of carbonyl (C=O) groups excluding carboxylic acids is 1. The first-order chi connectivity index (χ1) is 8.93. The van der Waals surface area contributed by atoms with Gasteiger partial charge in [-0.15, -0.1) is 0 Å². The van der Waals surface area contributed by atoms with Gasteiger partial charge >= 0.3 is 5.97 Å². The molecule has 6 nitrogen and oxygen atoms in total. The van der Waals surface area contributed by atoms with E-state index in [0.717, 1.165) is 5.56 Å². The van der Waals surface area contributed by atoms with Crippen LogP contribution in [0.15, 0.2) is 18.2 Å². The highest BCUT2D eigenvalue weighted by atomic mass is 35.5. The summed E-state index contributed by atoms with van der Waals surface area (Å²) in [5.41, 5.74) is 0.761. The summed E-state index contributed by atoms with van der Waals surface area (Å²) in [7, 11) is 0. The lowest BCUT2D eigenvalue weighted by Gasteiger charge is -2.13. The van der Waals surface area contributed by atoms with E-state index in [2.05, 4.69) is 5.32 Å². The van der Waals surface area contributed by atoms with E-state index in [0.29, 0.717) is 10.8 Å². The van der Waals surface area contributed by atoms with E-state index < -0.39 is 24.5 Å². The van der Waals surface area contributed by atoms with Crippen LogP contribution in [0, 0.1) is 6.92 Å². The Morgan fingerprint density at radius 1 is 1.47 bits per heavy atom. The van der Waals surface area contributed by atoms with Crippen LogP contribution in [0.25, 0.3) is 0 Å². The molecule has 0 saturated heterocycles. The predicted octanol–water partition coefficient (Wildman–Crippen LogP) is 0.589. The third-order valence-electron chi connectivity index (χ3n) is 2.31. The van der Waals surface area contributed by atoms with Crippen LogP contribution in [0.4, 0.5) is 0 Å². The molecule has 1 aromatic rings. The summed E-state index contributed by atoms with van der Waals surface area (Å²) in [4.78, 5) is 22.0. The van der Waals surface area contributed by atoms with E-state index in [9.17, 15) is 9.59 Å². The molecule has 0 heterocycles. The zero-order valence-corrected chi connectivity index (χ0v) is 11.0. The molecule has 7 heteroatoms. The molecule has 0 aliphatic carbocycles. The monoisotopic (exact) mass is 287 g/mol. The molecule has 0 spiro atoms. The number of carboxylic acid groups (broad SMARTS) is 1. The van der Waals surface area contributed by atoms with Crippen LogP contribution >= 0.6 is 11.6 Å². The number of halogens is 1. The summed E-state index contributed by atoms with van der Waals surface area (Å²) < 4.78 is 5.23. The molecular formula is C12H14ClNO5. The first-order valence-electron chi connectivity index (χ1n) is 5.46. The first-order valence-corrected chi connectivity index (χ1v) is 5.84. The quantitative estimate of drug-likeness (QED) is 0.712. The summed E-state index contributed by atoms with van der Waals surface area (Å²) >= 11 is 5.77. The van der Waals surface area contributed by atoms with Gasteiger partial charge in [-0.3, -0.25) is 4.79 Å². The van der Waals surface area contributed by atoms with Gasteiger partial charge in [-0.2, -0.15) is 0 Å². The molecule has 1 atom stereocenters. The Labute approximate surface area is 114 Å². The lowest BCUT2D eigenvalue weighted by atomic mass is 10.2. The van der Waals surface area contributed by atoms with Crippen molar-refractivity contribution in [1.82, 2.24) is 5.32 Å². The second-order valence-electron chi connectivity index (χ2n) is 3.84. The topological polar surface area (TPSA) is 95.9 Å². The maximum Gasteiger partial charge on any atom is 0.328 e. The maximum absolute atomic E-state index is 11.4. The van der Waals surface area contributed by atoms with E-state index in [-0.39, 0.29) is 6.61 Å². The number of aliphatic hydroxyl groups excluding tert-OH is 1. The number of rotatable bonds is 6. The molecular weight excluding hydrogens is 274 g/mol. The molecule has 0 saturated carbocycles. The molecule has 104 valence electrons. The first kappa shape index (κ1) is 15.3. The summed E-state index contributed by atoms with van der Waals surface area (Å²) in [6.07, 6.45) is 0. The second-order valence-corrected chi connectivity index (χ2v) is 4.28. The molecule has 0 bridgehead atoms. The van der Waals surface area contributed by atoms with Crippen LogP contribution in [0.2, 0.25) is 5.02 Å². The number of carbonyl (C=O) groups is 2. The van der Waals surface area contributed by atoms with Gasteiger partial charge < -0.3 is 20.3 Å². The largest absolute Gasteiger partial charge is 0.484 e. The van der Waals surface area contributed by atoms with Crippen molar-refractivity contribution in [3.05, 3.63) is 28.8 Å². The number of aryl methyl sites for hydroxylation is 1. The smallest absolute Gasteiger partial charge is 0.328 e. The molecule has 0 unspecified atom stereocenters. The fourth-order valence-electron chi connectivity index (χ4n) is 1.34. The van der Waals surface area contributed by atoms with Crippen molar-refractivity contribution < 1.29 is 24.5 Å². The second kappa shape index (κ2) is 6.96. The normalized spacial score (nSPS) is 11.7. The Morgan fingerprint density at radius 2 is 2.16 bits per heavy atom. The van der Waals surface area contributed by atoms with Crippen LogP contribution in [0.3, 0.4) is 0 Å². The molecule has 0 aliphatic rings. The van der Waals surface area contributed by atoms with Gasteiger partial charge in [0.2, 0.25) is 0 Å². The fourth-order valence-corrected chi connectivity index (χ4v) is 1.57. The lowest BCUT2D eigenvalue weighted by Crippen LogP contribution is -2.45. The third-order valence-corrected chi connectivity index (χ3v) is 2.55. The molecule has 0 aliphatic heterocycles. The van der Waals surface area contributed by atoms with Crippen LogP contribution < -0.4 is 10.1 Å². The Bertz CT molecular complexity index is 477. The van der Waals surface area contributed by atoms with Gasteiger partial charge in [0.25, 0.3) is 5.91 Å². The van der Waals surface area contributed by atoms with Gasteiger partial charge in [-0.25, -0.2) is 4.79 Å². The summed E-state index contributed by atoms with van der Waals surface area (Å²) in [5.74, 6) is -1.45. The fraction of sp³-hybridized carbons (Fsp3) is 0.333. The van der Waals surface area contributed by atoms with Crippen LogP contribution in [0.5, 0.6) is 5.75 Å². The number of amides is 1. The van der Waals surface area contributed by atoms with Gasteiger partial charge in [0.1, 0.15) is 11.8 Å². The molecule has 1 rings (SSSR count). The van der Waals surface area contributed by atoms with E-state index in [1.165, 1.54) is 0 Å². The van der Waals surface area contributed by atoms with Crippen molar-refractivity contribution in [2.75, 3.05) is 13.2 Å². The summed E-state index contributed by atoms with van der Waals surface area (Å²) in [6, 6.07) is 3.59. The molecule has 0 fully saturated rings. The number of hydrogen-bond acceptors (Lipinski definition) is 4. The maximum atomic E-state index is 11.4. The summed E-state index contributed by atoms with van der Waals surface area (Å²) in [5, 5.41) is 20.1. The molecule has 19 heavy (non-hydrogen) atoms. The van der Waals surface area contributed by atoms with E-state index >= 15 is 0 Å². The molecule has 0 aromatic heterocycles. The molecule has 3 N–H and O–H groups in total. The number of hydrogen-bond donors (Lipinski definition) is 3. The van der Waals surface area contributed by atoms with E-state index in [1.54, 1.807) is 25.1 Å². The Balaban J connectivity index is 2.52. The van der Waals surface area contributed by atoms with Crippen molar-refractivity contribution >= 4 is 23.5 Å². The number of nitrogens with one attached hydrogen (secondary N) is 1. The number of benzene rings is 1. The summed E-state index contributed by atoms with van der Waals surface area (Å²) in [6.45, 7) is 0.750.